The Morgan fingerprint density at radius 1 is 1.06 bits per heavy atom. The van der Waals surface area contributed by atoms with Gasteiger partial charge in [-0.15, -0.1) is 6.58 Å². The van der Waals surface area contributed by atoms with Gasteiger partial charge in [0, 0.05) is 5.92 Å². The zero-order valence-electron chi connectivity index (χ0n) is 10.5. The minimum absolute atomic E-state index is 0.277. The molecule has 18 heavy (non-hydrogen) atoms. The van der Waals surface area contributed by atoms with E-state index in [0.717, 1.165) is 0 Å². The van der Waals surface area contributed by atoms with E-state index in [1.165, 1.54) is 27.4 Å². The smallest absolute Gasteiger partial charge is 0.320 e. The Balaban J connectivity index is 2.94. The summed E-state index contributed by atoms with van der Waals surface area (Å²) in [4.78, 5) is 34.7. The lowest BCUT2D eigenvalue weighted by molar-refractivity contribution is -0.160. The van der Waals surface area contributed by atoms with Gasteiger partial charge in [0.05, 0.1) is 27.2 Å². The van der Waals surface area contributed by atoms with Gasteiger partial charge in [0.25, 0.3) is 0 Å². The quantitative estimate of drug-likeness (QED) is 0.302. The molecule has 0 heterocycles. The zero-order valence-corrected chi connectivity index (χ0v) is 10.5. The molecule has 6 heteroatoms. The number of ether oxygens (including phenoxy) is 3. The number of carbonyl (C=O) groups is 3. The standard InChI is InChI=1S/C12H16O6/c1-5-6-7(8(6)10(13)16-2)9(11(14)17-3)12(15)18-4/h5-9H,1H2,2-4H3/t6-,7-,8+/m0/s1. The molecule has 0 aromatic heterocycles. The van der Waals surface area contributed by atoms with E-state index in [9.17, 15) is 14.4 Å². The maximum atomic E-state index is 11.6. The van der Waals surface area contributed by atoms with Crippen molar-refractivity contribution in [3.63, 3.8) is 0 Å². The molecular weight excluding hydrogens is 240 g/mol. The first-order valence-corrected chi connectivity index (χ1v) is 5.39. The van der Waals surface area contributed by atoms with Crippen molar-refractivity contribution in [1.29, 1.82) is 0 Å². The molecule has 0 spiro atoms. The highest BCUT2D eigenvalue weighted by atomic mass is 16.5. The van der Waals surface area contributed by atoms with Crippen LogP contribution in [0.3, 0.4) is 0 Å². The van der Waals surface area contributed by atoms with E-state index in [4.69, 9.17) is 0 Å². The largest absolute Gasteiger partial charge is 0.469 e. The van der Waals surface area contributed by atoms with Gasteiger partial charge < -0.3 is 14.2 Å². The van der Waals surface area contributed by atoms with Crippen molar-refractivity contribution < 1.29 is 28.6 Å². The Kier molecular flexibility index (Phi) is 4.47. The van der Waals surface area contributed by atoms with Crippen LogP contribution in [0.1, 0.15) is 0 Å². The molecule has 1 aliphatic carbocycles. The van der Waals surface area contributed by atoms with Crippen LogP contribution in [0.25, 0.3) is 0 Å². The molecule has 0 saturated heterocycles. The Hall–Kier alpha value is -1.85. The normalized spacial score (nSPS) is 25.2. The molecule has 3 atom stereocenters. The molecule has 0 radical (unpaired) electrons. The molecular formula is C12H16O6. The number of allylic oxidation sites excluding steroid dienone is 1. The van der Waals surface area contributed by atoms with Gasteiger partial charge in [0.15, 0.2) is 5.92 Å². The van der Waals surface area contributed by atoms with E-state index >= 15 is 0 Å². The second kappa shape index (κ2) is 5.66. The van der Waals surface area contributed by atoms with Gasteiger partial charge in [-0.25, -0.2) is 0 Å². The molecule has 0 aromatic carbocycles. The van der Waals surface area contributed by atoms with Crippen molar-refractivity contribution in [1.82, 2.24) is 0 Å². The fraction of sp³-hybridized carbons (Fsp3) is 0.583. The van der Waals surface area contributed by atoms with Crippen molar-refractivity contribution in [2.45, 2.75) is 0 Å². The van der Waals surface area contributed by atoms with Gasteiger partial charge in [0.1, 0.15) is 0 Å². The van der Waals surface area contributed by atoms with Crippen LogP contribution in [0, 0.1) is 23.7 Å². The maximum absolute atomic E-state index is 11.6. The lowest BCUT2D eigenvalue weighted by Gasteiger charge is -2.11. The summed E-state index contributed by atoms with van der Waals surface area (Å²) >= 11 is 0. The number of esters is 3. The molecule has 0 amide bonds. The summed E-state index contributed by atoms with van der Waals surface area (Å²) in [6.45, 7) is 3.58. The number of hydrogen-bond donors (Lipinski definition) is 0. The summed E-state index contributed by atoms with van der Waals surface area (Å²) in [5, 5.41) is 0. The Labute approximate surface area is 105 Å². The topological polar surface area (TPSA) is 78.9 Å². The third-order valence-corrected chi connectivity index (χ3v) is 3.17. The highest BCUT2D eigenvalue weighted by Gasteiger charge is 2.62. The highest BCUT2D eigenvalue weighted by molar-refractivity contribution is 5.97. The minimum atomic E-state index is -1.12. The van der Waals surface area contributed by atoms with Crippen molar-refractivity contribution in [2.75, 3.05) is 21.3 Å². The molecule has 0 aromatic rings. The van der Waals surface area contributed by atoms with Gasteiger partial charge in [-0.3, -0.25) is 14.4 Å². The number of carbonyl (C=O) groups excluding carboxylic acids is 3. The van der Waals surface area contributed by atoms with Crippen LogP contribution in [0.4, 0.5) is 0 Å². The average molecular weight is 256 g/mol. The number of rotatable bonds is 5. The van der Waals surface area contributed by atoms with Crippen LogP contribution in [-0.4, -0.2) is 39.2 Å². The molecule has 6 nitrogen and oxygen atoms in total. The first-order chi connectivity index (χ1) is 8.53. The lowest BCUT2D eigenvalue weighted by Crippen LogP contribution is -2.30. The molecule has 1 aliphatic rings. The lowest BCUT2D eigenvalue weighted by atomic mass is 10.0. The fourth-order valence-corrected chi connectivity index (χ4v) is 2.21. The SMILES string of the molecule is C=C[C@@H]1[C@@H](C(=O)OC)[C@H]1C(C(=O)OC)C(=O)OC. The van der Waals surface area contributed by atoms with E-state index in [0.29, 0.717) is 0 Å². The van der Waals surface area contributed by atoms with Gasteiger partial charge >= 0.3 is 17.9 Å². The monoisotopic (exact) mass is 256 g/mol. The van der Waals surface area contributed by atoms with Crippen LogP contribution in [0.15, 0.2) is 12.7 Å². The third-order valence-electron chi connectivity index (χ3n) is 3.17. The van der Waals surface area contributed by atoms with E-state index in [1.807, 2.05) is 0 Å². The van der Waals surface area contributed by atoms with Gasteiger partial charge in [0.2, 0.25) is 0 Å². The zero-order chi connectivity index (χ0) is 13.9. The van der Waals surface area contributed by atoms with Crippen LogP contribution >= 0.6 is 0 Å². The summed E-state index contributed by atoms with van der Waals surface area (Å²) in [6.07, 6.45) is 1.53. The van der Waals surface area contributed by atoms with Crippen molar-refractivity contribution in [3.8, 4) is 0 Å². The third kappa shape index (κ3) is 2.37. The summed E-state index contributed by atoms with van der Waals surface area (Å²) in [7, 11) is 3.61. The minimum Gasteiger partial charge on any atom is -0.469 e. The molecule has 1 saturated carbocycles. The summed E-state index contributed by atoms with van der Waals surface area (Å²) in [5.41, 5.74) is 0. The molecule has 1 fully saturated rings. The van der Waals surface area contributed by atoms with Gasteiger partial charge in [-0.1, -0.05) is 6.08 Å². The van der Waals surface area contributed by atoms with Gasteiger partial charge in [-0.05, 0) is 5.92 Å². The van der Waals surface area contributed by atoms with Crippen LogP contribution in [0.2, 0.25) is 0 Å². The van der Waals surface area contributed by atoms with Crippen molar-refractivity contribution in [2.24, 2.45) is 23.7 Å². The van der Waals surface area contributed by atoms with Crippen molar-refractivity contribution in [3.05, 3.63) is 12.7 Å². The van der Waals surface area contributed by atoms with Crippen LogP contribution in [0.5, 0.6) is 0 Å². The van der Waals surface area contributed by atoms with E-state index in [-0.39, 0.29) is 5.92 Å². The van der Waals surface area contributed by atoms with E-state index in [2.05, 4.69) is 20.8 Å². The second-order valence-corrected chi connectivity index (χ2v) is 3.96. The summed E-state index contributed by atoms with van der Waals surface area (Å²) in [5.74, 6) is -4.35. The second-order valence-electron chi connectivity index (χ2n) is 3.96. The summed E-state index contributed by atoms with van der Waals surface area (Å²) < 4.78 is 13.8. The number of methoxy groups -OCH3 is 3. The molecule has 0 unspecified atom stereocenters. The van der Waals surface area contributed by atoms with E-state index < -0.39 is 35.7 Å². The predicted octanol–water partition coefficient (Wildman–Crippen LogP) is 0.170. The molecule has 1 rings (SSSR count). The number of hydrogen-bond acceptors (Lipinski definition) is 6. The van der Waals surface area contributed by atoms with E-state index in [1.54, 1.807) is 0 Å². The first kappa shape index (κ1) is 14.2. The Morgan fingerprint density at radius 2 is 1.56 bits per heavy atom. The average Bonchev–Trinajstić information content (AvgIpc) is 3.11. The van der Waals surface area contributed by atoms with Crippen LogP contribution in [-0.2, 0) is 28.6 Å². The van der Waals surface area contributed by atoms with Crippen LogP contribution < -0.4 is 0 Å². The van der Waals surface area contributed by atoms with Crippen molar-refractivity contribution >= 4 is 17.9 Å². The fourth-order valence-electron chi connectivity index (χ4n) is 2.21. The first-order valence-electron chi connectivity index (χ1n) is 5.39. The molecule has 0 aliphatic heterocycles. The Morgan fingerprint density at radius 3 is 1.89 bits per heavy atom. The molecule has 0 bridgehead atoms. The molecule has 100 valence electrons. The molecule has 0 N–H and O–H groups in total. The van der Waals surface area contributed by atoms with Gasteiger partial charge in [-0.2, -0.15) is 0 Å². The Bertz CT molecular complexity index is 359. The predicted molar refractivity (Wildman–Crippen MR) is 60.2 cm³/mol. The highest BCUT2D eigenvalue weighted by Crippen LogP contribution is 2.53. The summed E-state index contributed by atoms with van der Waals surface area (Å²) in [6, 6.07) is 0. The maximum Gasteiger partial charge on any atom is 0.320 e.